The van der Waals surface area contributed by atoms with Crippen LogP contribution in [0.5, 0.6) is 11.5 Å². The van der Waals surface area contributed by atoms with Gasteiger partial charge in [0.05, 0.1) is 0 Å². The molecule has 7 heteroatoms. The number of nitrogens with one attached hydrogen (secondary N) is 1. The van der Waals surface area contributed by atoms with E-state index in [1.165, 1.54) is 12.1 Å². The fourth-order valence-electron chi connectivity index (χ4n) is 2.38. The maximum Gasteiger partial charge on any atom is 0.573 e. The van der Waals surface area contributed by atoms with Crippen molar-refractivity contribution >= 4 is 11.6 Å². The number of amides is 1. The molecule has 0 aliphatic heterocycles. The first-order valence-corrected chi connectivity index (χ1v) is 8.33. The molecule has 0 atom stereocenters. The van der Waals surface area contributed by atoms with Crippen LogP contribution >= 0.6 is 0 Å². The summed E-state index contributed by atoms with van der Waals surface area (Å²) in [5, 5.41) is 2.62. The number of hydrogen-bond acceptors (Lipinski definition) is 3. The lowest BCUT2D eigenvalue weighted by atomic mass is 10.1. The van der Waals surface area contributed by atoms with Crippen LogP contribution in [0.2, 0.25) is 0 Å². The molecule has 0 aliphatic rings. The minimum Gasteiger partial charge on any atom is -0.489 e. The highest BCUT2D eigenvalue weighted by molar-refractivity contribution is 6.04. The molecule has 3 aromatic carbocycles. The molecule has 0 radical (unpaired) electrons. The molecule has 0 aromatic heterocycles. The molecule has 3 rings (SSSR count). The van der Waals surface area contributed by atoms with Crippen molar-refractivity contribution in [1.82, 2.24) is 0 Å². The van der Waals surface area contributed by atoms with Crippen molar-refractivity contribution in [1.29, 1.82) is 0 Å². The summed E-state index contributed by atoms with van der Waals surface area (Å²) in [6.45, 7) is 0.368. The van der Waals surface area contributed by atoms with E-state index in [4.69, 9.17) is 4.74 Å². The molecule has 0 unspecified atom stereocenters. The zero-order valence-electron chi connectivity index (χ0n) is 14.6. The first kappa shape index (κ1) is 19.3. The van der Waals surface area contributed by atoms with E-state index in [1.807, 2.05) is 30.3 Å². The van der Waals surface area contributed by atoms with Gasteiger partial charge < -0.3 is 14.8 Å². The van der Waals surface area contributed by atoms with E-state index in [2.05, 4.69) is 10.1 Å². The van der Waals surface area contributed by atoms with Gasteiger partial charge in [-0.3, -0.25) is 4.79 Å². The summed E-state index contributed by atoms with van der Waals surface area (Å²) < 4.78 is 45.9. The molecule has 0 saturated heterocycles. The Bertz CT molecular complexity index is 908. The van der Waals surface area contributed by atoms with Crippen molar-refractivity contribution in [2.24, 2.45) is 0 Å². The minimum absolute atomic E-state index is 0.353. The van der Waals surface area contributed by atoms with Crippen molar-refractivity contribution in [3.63, 3.8) is 0 Å². The predicted molar refractivity (Wildman–Crippen MR) is 98.3 cm³/mol. The van der Waals surface area contributed by atoms with Crippen LogP contribution in [0.4, 0.5) is 18.9 Å². The van der Waals surface area contributed by atoms with Crippen LogP contribution in [0, 0.1) is 0 Å². The number of rotatable bonds is 6. The Labute approximate surface area is 159 Å². The van der Waals surface area contributed by atoms with E-state index in [0.717, 1.165) is 23.4 Å². The Hall–Kier alpha value is -3.48. The van der Waals surface area contributed by atoms with E-state index in [9.17, 15) is 18.0 Å². The lowest BCUT2D eigenvalue weighted by molar-refractivity contribution is -0.274. The van der Waals surface area contributed by atoms with Gasteiger partial charge in [-0.25, -0.2) is 0 Å². The normalized spacial score (nSPS) is 11.0. The van der Waals surface area contributed by atoms with Gasteiger partial charge in [0.1, 0.15) is 18.1 Å². The van der Waals surface area contributed by atoms with Crippen LogP contribution in [-0.2, 0) is 6.61 Å². The van der Waals surface area contributed by atoms with Gasteiger partial charge in [0.2, 0.25) is 0 Å². The van der Waals surface area contributed by atoms with E-state index in [1.54, 1.807) is 24.3 Å². The Morgan fingerprint density at radius 2 is 1.46 bits per heavy atom. The Morgan fingerprint density at radius 1 is 0.821 bits per heavy atom. The van der Waals surface area contributed by atoms with Gasteiger partial charge in [-0.2, -0.15) is 0 Å². The van der Waals surface area contributed by atoms with Gasteiger partial charge in [-0.1, -0.05) is 30.3 Å². The summed E-state index contributed by atoms with van der Waals surface area (Å²) in [4.78, 5) is 12.3. The number of para-hydroxylation sites is 1. The lowest BCUT2D eigenvalue weighted by Gasteiger charge is -2.10. The monoisotopic (exact) mass is 387 g/mol. The van der Waals surface area contributed by atoms with Crippen molar-refractivity contribution in [2.75, 3.05) is 5.32 Å². The van der Waals surface area contributed by atoms with Gasteiger partial charge in [0.15, 0.2) is 0 Å². The van der Waals surface area contributed by atoms with E-state index in [0.29, 0.717) is 17.9 Å². The van der Waals surface area contributed by atoms with Gasteiger partial charge in [0, 0.05) is 11.3 Å². The predicted octanol–water partition coefficient (Wildman–Crippen LogP) is 5.42. The molecule has 0 bridgehead atoms. The Morgan fingerprint density at radius 3 is 2.07 bits per heavy atom. The number of carbonyl (C=O) groups excluding carboxylic acids is 1. The average Bonchev–Trinajstić information content (AvgIpc) is 2.68. The third kappa shape index (κ3) is 5.77. The number of ether oxygens (including phenoxy) is 2. The third-order valence-electron chi connectivity index (χ3n) is 3.71. The molecule has 144 valence electrons. The number of halogens is 3. The van der Waals surface area contributed by atoms with Crippen molar-refractivity contribution in [2.45, 2.75) is 13.0 Å². The van der Waals surface area contributed by atoms with Gasteiger partial charge in [-0.15, -0.1) is 13.2 Å². The maximum atomic E-state index is 12.3. The number of carbonyl (C=O) groups is 1. The van der Waals surface area contributed by atoms with E-state index in [-0.39, 0.29) is 11.7 Å². The number of alkyl halides is 3. The van der Waals surface area contributed by atoms with Crippen LogP contribution in [0.15, 0.2) is 78.9 Å². The van der Waals surface area contributed by atoms with Crippen LogP contribution in [0.3, 0.4) is 0 Å². The van der Waals surface area contributed by atoms with Crippen molar-refractivity contribution < 1.29 is 27.4 Å². The summed E-state index contributed by atoms with van der Waals surface area (Å²) in [6, 6.07) is 21.2. The zero-order chi connectivity index (χ0) is 20.0. The molecule has 0 saturated carbocycles. The van der Waals surface area contributed by atoms with Gasteiger partial charge in [0.25, 0.3) is 5.91 Å². The van der Waals surface area contributed by atoms with Crippen LogP contribution in [0.1, 0.15) is 15.9 Å². The van der Waals surface area contributed by atoms with Crippen LogP contribution in [0.25, 0.3) is 0 Å². The summed E-state index contributed by atoms with van der Waals surface area (Å²) in [7, 11) is 0. The molecule has 0 fully saturated rings. The molecule has 1 N–H and O–H groups in total. The standard InChI is InChI=1S/C21H16F3NO3/c22-21(23,24)28-19-12-10-17(11-13-19)25-20(26)16-8-6-15(7-9-16)14-27-18-4-2-1-3-5-18/h1-13H,14H2,(H,25,26). The van der Waals surface area contributed by atoms with E-state index < -0.39 is 6.36 Å². The molecule has 0 aliphatic carbocycles. The second kappa shape index (κ2) is 8.47. The van der Waals surface area contributed by atoms with E-state index >= 15 is 0 Å². The third-order valence-corrected chi connectivity index (χ3v) is 3.71. The molecule has 1 amide bonds. The van der Waals surface area contributed by atoms with Crippen LogP contribution < -0.4 is 14.8 Å². The number of benzene rings is 3. The smallest absolute Gasteiger partial charge is 0.489 e. The lowest BCUT2D eigenvalue weighted by Crippen LogP contribution is -2.17. The molecule has 0 heterocycles. The van der Waals surface area contributed by atoms with Gasteiger partial charge in [-0.05, 0) is 54.1 Å². The fourth-order valence-corrected chi connectivity index (χ4v) is 2.38. The first-order valence-electron chi connectivity index (χ1n) is 8.33. The highest BCUT2D eigenvalue weighted by Gasteiger charge is 2.30. The second-order valence-corrected chi connectivity index (χ2v) is 5.82. The molecular formula is C21H16F3NO3. The Balaban J connectivity index is 1.55. The quantitative estimate of drug-likeness (QED) is 0.615. The number of hydrogen-bond donors (Lipinski definition) is 1. The fraction of sp³-hybridized carbons (Fsp3) is 0.0952. The topological polar surface area (TPSA) is 47.6 Å². The minimum atomic E-state index is -4.75. The highest BCUT2D eigenvalue weighted by Crippen LogP contribution is 2.24. The highest BCUT2D eigenvalue weighted by atomic mass is 19.4. The average molecular weight is 387 g/mol. The van der Waals surface area contributed by atoms with Crippen LogP contribution in [-0.4, -0.2) is 12.3 Å². The maximum absolute atomic E-state index is 12.3. The first-order chi connectivity index (χ1) is 13.4. The Kier molecular flexibility index (Phi) is 5.84. The van der Waals surface area contributed by atoms with Crippen molar-refractivity contribution in [3.05, 3.63) is 90.0 Å². The summed E-state index contributed by atoms with van der Waals surface area (Å²) in [5.41, 5.74) is 1.67. The molecule has 0 spiro atoms. The largest absolute Gasteiger partial charge is 0.573 e. The SMILES string of the molecule is O=C(Nc1ccc(OC(F)(F)F)cc1)c1ccc(COc2ccccc2)cc1. The molecule has 4 nitrogen and oxygen atoms in total. The summed E-state index contributed by atoms with van der Waals surface area (Å²) in [6.07, 6.45) is -4.75. The molecular weight excluding hydrogens is 371 g/mol. The molecule has 3 aromatic rings. The number of anilines is 1. The summed E-state index contributed by atoms with van der Waals surface area (Å²) >= 11 is 0. The second-order valence-electron chi connectivity index (χ2n) is 5.82. The van der Waals surface area contributed by atoms with Crippen molar-refractivity contribution in [3.8, 4) is 11.5 Å². The molecule has 28 heavy (non-hydrogen) atoms. The zero-order valence-corrected chi connectivity index (χ0v) is 14.6. The van der Waals surface area contributed by atoms with Gasteiger partial charge >= 0.3 is 6.36 Å². The summed E-state index contributed by atoms with van der Waals surface area (Å²) in [5.74, 6) is 0.0237.